The Labute approximate surface area is 156 Å². The number of methoxy groups -OCH3 is 1. The molecule has 144 valence electrons. The number of benzene rings is 2. The van der Waals surface area contributed by atoms with E-state index in [0.29, 0.717) is 12.2 Å². The summed E-state index contributed by atoms with van der Waals surface area (Å²) in [6.07, 6.45) is 0.261. The number of amides is 1. The lowest BCUT2D eigenvalue weighted by molar-refractivity contribution is -0.138. The van der Waals surface area contributed by atoms with Crippen LogP contribution < -0.4 is 4.74 Å². The average Bonchev–Trinajstić information content (AvgIpc) is 2.66. The maximum atomic E-state index is 13.9. The summed E-state index contributed by atoms with van der Waals surface area (Å²) < 4.78 is 32.5. The van der Waals surface area contributed by atoms with Gasteiger partial charge in [0.05, 0.1) is 13.5 Å². The topological polar surface area (TPSA) is 66.8 Å². The van der Waals surface area contributed by atoms with Crippen molar-refractivity contribution in [3.63, 3.8) is 0 Å². The summed E-state index contributed by atoms with van der Waals surface area (Å²) in [6.45, 7) is -0.268. The first-order valence-corrected chi connectivity index (χ1v) is 8.46. The zero-order valence-corrected chi connectivity index (χ0v) is 15.0. The summed E-state index contributed by atoms with van der Waals surface area (Å²) in [5.74, 6) is -2.76. The number of hydrogen-bond acceptors (Lipinski definition) is 3. The summed E-state index contributed by atoms with van der Waals surface area (Å²) >= 11 is 0. The molecule has 0 saturated carbocycles. The number of aryl methyl sites for hydroxylation is 1. The highest BCUT2D eigenvalue weighted by Crippen LogP contribution is 2.17. The van der Waals surface area contributed by atoms with Gasteiger partial charge in [-0.3, -0.25) is 9.59 Å². The van der Waals surface area contributed by atoms with Gasteiger partial charge in [0.1, 0.15) is 5.75 Å². The monoisotopic (exact) mass is 377 g/mol. The number of rotatable bonds is 9. The summed E-state index contributed by atoms with van der Waals surface area (Å²) in [5.41, 5.74) is 0.896. The molecule has 0 spiro atoms. The maximum Gasteiger partial charge on any atom is 0.305 e. The molecule has 0 aliphatic heterocycles. The molecule has 2 aromatic carbocycles. The lowest BCUT2D eigenvalue weighted by atomic mass is 10.1. The van der Waals surface area contributed by atoms with Gasteiger partial charge in [-0.05, 0) is 30.2 Å². The van der Waals surface area contributed by atoms with Crippen molar-refractivity contribution < 1.29 is 28.2 Å². The van der Waals surface area contributed by atoms with Crippen LogP contribution in [0.4, 0.5) is 8.78 Å². The van der Waals surface area contributed by atoms with Gasteiger partial charge in [-0.15, -0.1) is 0 Å². The molecule has 0 aromatic heterocycles. The van der Waals surface area contributed by atoms with Crippen LogP contribution in [0.1, 0.15) is 24.0 Å². The third kappa shape index (κ3) is 6.06. The van der Waals surface area contributed by atoms with E-state index in [0.717, 1.165) is 11.6 Å². The Hall–Kier alpha value is -2.96. The summed E-state index contributed by atoms with van der Waals surface area (Å²) in [4.78, 5) is 24.7. The van der Waals surface area contributed by atoms with Crippen LogP contribution in [-0.2, 0) is 22.6 Å². The fourth-order valence-electron chi connectivity index (χ4n) is 2.64. The quantitative estimate of drug-likeness (QED) is 0.727. The van der Waals surface area contributed by atoms with Gasteiger partial charge in [0, 0.05) is 25.1 Å². The van der Waals surface area contributed by atoms with E-state index < -0.39 is 17.6 Å². The molecule has 0 aliphatic carbocycles. The van der Waals surface area contributed by atoms with Gasteiger partial charge in [-0.1, -0.05) is 24.3 Å². The maximum absolute atomic E-state index is 13.9. The molecular formula is C20H21F2NO4. The van der Waals surface area contributed by atoms with E-state index in [-0.39, 0.29) is 37.4 Å². The lowest BCUT2D eigenvalue weighted by Crippen LogP contribution is -2.33. The van der Waals surface area contributed by atoms with E-state index in [1.807, 2.05) is 12.1 Å². The van der Waals surface area contributed by atoms with Crippen molar-refractivity contribution in [3.8, 4) is 5.75 Å². The van der Waals surface area contributed by atoms with Crippen LogP contribution in [0.15, 0.2) is 42.5 Å². The Kier molecular flexibility index (Phi) is 7.28. The van der Waals surface area contributed by atoms with E-state index in [1.165, 1.54) is 17.0 Å². The van der Waals surface area contributed by atoms with Crippen molar-refractivity contribution in [3.05, 3.63) is 65.2 Å². The molecule has 27 heavy (non-hydrogen) atoms. The van der Waals surface area contributed by atoms with Gasteiger partial charge in [0.15, 0.2) is 11.6 Å². The summed E-state index contributed by atoms with van der Waals surface area (Å²) in [6, 6.07) is 11.0. The zero-order valence-electron chi connectivity index (χ0n) is 15.0. The van der Waals surface area contributed by atoms with Crippen LogP contribution in [0.5, 0.6) is 5.75 Å². The third-order valence-electron chi connectivity index (χ3n) is 4.10. The Morgan fingerprint density at radius 2 is 1.85 bits per heavy atom. The van der Waals surface area contributed by atoms with Crippen LogP contribution in [-0.4, -0.2) is 35.5 Å². The molecule has 0 aliphatic rings. The molecule has 0 bridgehead atoms. The number of halogens is 2. The number of aliphatic carboxylic acids is 1. The zero-order chi connectivity index (χ0) is 19.8. The summed E-state index contributed by atoms with van der Waals surface area (Å²) in [5, 5.41) is 8.89. The van der Waals surface area contributed by atoms with E-state index >= 15 is 0 Å². The number of carboxylic acids is 1. The first-order chi connectivity index (χ1) is 12.9. The molecule has 1 N–H and O–H groups in total. The molecule has 0 radical (unpaired) electrons. The molecule has 0 fully saturated rings. The number of ether oxygens (including phenoxy) is 1. The highest BCUT2D eigenvalue weighted by molar-refractivity contribution is 5.77. The molecular weight excluding hydrogens is 356 g/mol. The van der Waals surface area contributed by atoms with Gasteiger partial charge >= 0.3 is 5.97 Å². The highest BCUT2D eigenvalue weighted by Gasteiger charge is 2.18. The Morgan fingerprint density at radius 3 is 2.56 bits per heavy atom. The van der Waals surface area contributed by atoms with Crippen LogP contribution in [0.3, 0.4) is 0 Å². The Bertz CT molecular complexity index is 810. The number of nitrogens with zero attached hydrogens (tertiary/aromatic N) is 1. The van der Waals surface area contributed by atoms with Gasteiger partial charge in [-0.25, -0.2) is 8.78 Å². The fourth-order valence-corrected chi connectivity index (χ4v) is 2.64. The molecule has 7 heteroatoms. The third-order valence-corrected chi connectivity index (χ3v) is 4.10. The largest absolute Gasteiger partial charge is 0.497 e. The van der Waals surface area contributed by atoms with Crippen LogP contribution in [0.2, 0.25) is 0 Å². The van der Waals surface area contributed by atoms with Crippen LogP contribution in [0, 0.1) is 11.6 Å². The summed E-state index contributed by atoms with van der Waals surface area (Å²) in [7, 11) is 1.55. The SMILES string of the molecule is COc1cccc(CCC(=O)N(CCC(=O)O)Cc2cccc(F)c2F)c1. The normalized spacial score (nSPS) is 10.5. The highest BCUT2D eigenvalue weighted by atomic mass is 19.2. The number of hydrogen-bond donors (Lipinski definition) is 1. The number of carbonyl (C=O) groups excluding carboxylic acids is 1. The molecule has 5 nitrogen and oxygen atoms in total. The predicted molar refractivity (Wildman–Crippen MR) is 95.3 cm³/mol. The van der Waals surface area contributed by atoms with Crippen LogP contribution >= 0.6 is 0 Å². The van der Waals surface area contributed by atoms with Crippen molar-refractivity contribution >= 4 is 11.9 Å². The van der Waals surface area contributed by atoms with Crippen molar-refractivity contribution in [1.82, 2.24) is 4.90 Å². The standard InChI is InChI=1S/C20H21F2NO4/c1-27-16-6-2-4-14(12-16)8-9-18(24)23(11-10-19(25)26)13-15-5-3-7-17(21)20(15)22/h2-7,12H,8-11,13H2,1H3,(H,25,26). The van der Waals surface area contributed by atoms with Crippen molar-refractivity contribution in [2.75, 3.05) is 13.7 Å². The minimum atomic E-state index is -1.07. The van der Waals surface area contributed by atoms with E-state index in [2.05, 4.69) is 0 Å². The van der Waals surface area contributed by atoms with Gasteiger partial charge in [0.25, 0.3) is 0 Å². The first kappa shape index (κ1) is 20.4. The molecule has 0 atom stereocenters. The minimum absolute atomic E-state index is 0.00937. The lowest BCUT2D eigenvalue weighted by Gasteiger charge is -2.22. The fraction of sp³-hybridized carbons (Fsp3) is 0.300. The molecule has 0 saturated heterocycles. The Balaban J connectivity index is 2.08. The first-order valence-electron chi connectivity index (χ1n) is 8.46. The van der Waals surface area contributed by atoms with Gasteiger partial charge in [0.2, 0.25) is 5.91 Å². The predicted octanol–water partition coefficient (Wildman–Crippen LogP) is 3.41. The number of carbonyl (C=O) groups is 2. The van der Waals surface area contributed by atoms with Gasteiger partial charge < -0.3 is 14.7 Å². The molecule has 1 amide bonds. The van der Waals surface area contributed by atoms with Crippen molar-refractivity contribution in [2.24, 2.45) is 0 Å². The molecule has 2 rings (SSSR count). The molecule has 0 unspecified atom stereocenters. The van der Waals surface area contributed by atoms with Crippen molar-refractivity contribution in [2.45, 2.75) is 25.8 Å². The van der Waals surface area contributed by atoms with E-state index in [9.17, 15) is 18.4 Å². The molecule has 0 heterocycles. The second-order valence-electron chi connectivity index (χ2n) is 6.02. The van der Waals surface area contributed by atoms with Gasteiger partial charge in [-0.2, -0.15) is 0 Å². The van der Waals surface area contributed by atoms with Crippen molar-refractivity contribution in [1.29, 1.82) is 0 Å². The second-order valence-corrected chi connectivity index (χ2v) is 6.02. The smallest absolute Gasteiger partial charge is 0.305 e. The van der Waals surface area contributed by atoms with E-state index in [1.54, 1.807) is 19.2 Å². The van der Waals surface area contributed by atoms with Crippen LogP contribution in [0.25, 0.3) is 0 Å². The average molecular weight is 377 g/mol. The Morgan fingerprint density at radius 1 is 1.11 bits per heavy atom. The minimum Gasteiger partial charge on any atom is -0.497 e. The second kappa shape index (κ2) is 9.66. The molecule has 2 aromatic rings. The number of carboxylic acid groups (broad SMARTS) is 1. The van der Waals surface area contributed by atoms with E-state index in [4.69, 9.17) is 9.84 Å².